The zero-order valence-electron chi connectivity index (χ0n) is 13.2. The first-order valence-electron chi connectivity index (χ1n) is 8.15. The lowest BCUT2D eigenvalue weighted by molar-refractivity contribution is 0.0843. The largest absolute Gasteiger partial charge is 0.329 e. The van der Waals surface area contributed by atoms with Crippen molar-refractivity contribution >= 4 is 9.84 Å². The van der Waals surface area contributed by atoms with E-state index in [2.05, 4.69) is 11.8 Å². The molecule has 0 aliphatic heterocycles. The van der Waals surface area contributed by atoms with E-state index in [1.54, 1.807) is 6.92 Å². The van der Waals surface area contributed by atoms with Gasteiger partial charge in [0.05, 0.1) is 5.75 Å². The molecule has 2 N–H and O–H groups in total. The van der Waals surface area contributed by atoms with Gasteiger partial charge in [-0.2, -0.15) is 0 Å². The minimum Gasteiger partial charge on any atom is -0.329 e. The highest BCUT2D eigenvalue weighted by molar-refractivity contribution is 7.91. The van der Waals surface area contributed by atoms with Crippen LogP contribution in [0.4, 0.5) is 0 Å². The van der Waals surface area contributed by atoms with Crippen molar-refractivity contribution in [2.45, 2.75) is 64.3 Å². The van der Waals surface area contributed by atoms with E-state index in [-0.39, 0.29) is 17.0 Å². The number of sulfone groups is 1. The van der Waals surface area contributed by atoms with Gasteiger partial charge in [0.1, 0.15) is 0 Å². The third-order valence-electron chi connectivity index (χ3n) is 4.69. The highest BCUT2D eigenvalue weighted by Crippen LogP contribution is 2.32. The molecule has 0 bridgehead atoms. The van der Waals surface area contributed by atoms with Crippen LogP contribution in [0.1, 0.15) is 58.8 Å². The Kier molecular flexibility index (Phi) is 7.48. The smallest absolute Gasteiger partial charge is 0.151 e. The summed E-state index contributed by atoms with van der Waals surface area (Å²) in [5.74, 6) is 0.508. The predicted octanol–water partition coefficient (Wildman–Crippen LogP) is 2.18. The average Bonchev–Trinajstić information content (AvgIpc) is 2.70. The van der Waals surface area contributed by atoms with Gasteiger partial charge in [-0.1, -0.05) is 39.5 Å². The van der Waals surface area contributed by atoms with Gasteiger partial charge in [-0.3, -0.25) is 4.90 Å². The van der Waals surface area contributed by atoms with Gasteiger partial charge in [0.25, 0.3) is 0 Å². The van der Waals surface area contributed by atoms with Gasteiger partial charge in [-0.05, 0) is 25.8 Å². The molecule has 1 aliphatic carbocycles. The Morgan fingerprint density at radius 2 is 1.65 bits per heavy atom. The van der Waals surface area contributed by atoms with Crippen molar-refractivity contribution in [1.29, 1.82) is 0 Å². The van der Waals surface area contributed by atoms with Crippen molar-refractivity contribution in [3.8, 4) is 0 Å². The third kappa shape index (κ3) is 5.01. The Bertz CT molecular complexity index is 360. The van der Waals surface area contributed by atoms with E-state index in [0.717, 1.165) is 25.8 Å². The summed E-state index contributed by atoms with van der Waals surface area (Å²) in [6.07, 6.45) is 8.30. The van der Waals surface area contributed by atoms with E-state index in [1.165, 1.54) is 25.7 Å². The molecule has 120 valence electrons. The molecule has 4 nitrogen and oxygen atoms in total. The van der Waals surface area contributed by atoms with Crippen LogP contribution in [0.25, 0.3) is 0 Å². The molecule has 0 heterocycles. The fourth-order valence-corrected chi connectivity index (χ4v) is 4.07. The molecule has 0 aromatic rings. The van der Waals surface area contributed by atoms with Crippen LogP contribution in [0.5, 0.6) is 0 Å². The molecule has 0 aromatic carbocycles. The van der Waals surface area contributed by atoms with E-state index in [4.69, 9.17) is 5.73 Å². The van der Waals surface area contributed by atoms with Crippen molar-refractivity contribution in [3.63, 3.8) is 0 Å². The second kappa shape index (κ2) is 8.35. The van der Waals surface area contributed by atoms with E-state index >= 15 is 0 Å². The average molecular weight is 305 g/mol. The van der Waals surface area contributed by atoms with E-state index in [9.17, 15) is 8.42 Å². The summed E-state index contributed by atoms with van der Waals surface area (Å²) in [5.41, 5.74) is 6.16. The van der Waals surface area contributed by atoms with Crippen LogP contribution in [0, 0.1) is 0 Å². The van der Waals surface area contributed by atoms with Crippen molar-refractivity contribution in [2.24, 2.45) is 5.73 Å². The monoisotopic (exact) mass is 304 g/mol. The Labute approximate surface area is 125 Å². The number of rotatable bonds is 8. The van der Waals surface area contributed by atoms with Crippen LogP contribution in [0.15, 0.2) is 0 Å². The maximum Gasteiger partial charge on any atom is 0.151 e. The van der Waals surface area contributed by atoms with Gasteiger partial charge in [-0.25, -0.2) is 8.42 Å². The van der Waals surface area contributed by atoms with E-state index in [0.29, 0.717) is 13.1 Å². The molecule has 20 heavy (non-hydrogen) atoms. The van der Waals surface area contributed by atoms with Gasteiger partial charge in [-0.15, -0.1) is 0 Å². The quantitative estimate of drug-likeness (QED) is 0.698. The lowest BCUT2D eigenvalue weighted by Crippen LogP contribution is -2.55. The summed E-state index contributed by atoms with van der Waals surface area (Å²) < 4.78 is 23.6. The number of hydrogen-bond acceptors (Lipinski definition) is 4. The molecule has 1 rings (SSSR count). The molecule has 0 aromatic heterocycles. The molecule has 0 amide bonds. The third-order valence-corrected chi connectivity index (χ3v) is 6.37. The molecule has 0 atom stereocenters. The summed E-state index contributed by atoms with van der Waals surface area (Å²) in [6, 6.07) is 0. The highest BCUT2D eigenvalue weighted by atomic mass is 32.2. The maximum atomic E-state index is 11.8. The Morgan fingerprint density at radius 1 is 1.05 bits per heavy atom. The normalized spacial score (nSPS) is 20.0. The van der Waals surface area contributed by atoms with Crippen LogP contribution in [-0.2, 0) is 9.84 Å². The number of nitrogens with two attached hydrogens (primary N) is 1. The molecular formula is C15H32N2O2S. The highest BCUT2D eigenvalue weighted by Gasteiger charge is 2.35. The Morgan fingerprint density at radius 3 is 2.10 bits per heavy atom. The fourth-order valence-electron chi connectivity index (χ4n) is 3.29. The summed E-state index contributed by atoms with van der Waals surface area (Å²) in [4.78, 5) is 2.38. The van der Waals surface area contributed by atoms with Crippen LogP contribution in [0.3, 0.4) is 0 Å². The minimum absolute atomic E-state index is 0.0375. The van der Waals surface area contributed by atoms with Crippen LogP contribution >= 0.6 is 0 Å². The SMILES string of the molecule is CCCN(CCS(=O)(=O)CC)C1(CN)CCCCCC1. The maximum absolute atomic E-state index is 11.8. The zero-order valence-corrected chi connectivity index (χ0v) is 14.1. The molecule has 5 heteroatoms. The Hall–Kier alpha value is -0.130. The van der Waals surface area contributed by atoms with Gasteiger partial charge < -0.3 is 5.73 Å². The molecule has 1 saturated carbocycles. The minimum atomic E-state index is -2.90. The first kappa shape index (κ1) is 17.9. The van der Waals surface area contributed by atoms with Crippen LogP contribution in [0.2, 0.25) is 0 Å². The molecule has 1 fully saturated rings. The number of nitrogens with zero attached hydrogens (tertiary/aromatic N) is 1. The first-order chi connectivity index (χ1) is 9.49. The fraction of sp³-hybridized carbons (Fsp3) is 1.00. The second-order valence-corrected chi connectivity index (χ2v) is 8.54. The van der Waals surface area contributed by atoms with Gasteiger partial charge in [0, 0.05) is 24.4 Å². The lowest BCUT2D eigenvalue weighted by Gasteiger charge is -2.43. The molecule has 1 aliphatic rings. The standard InChI is InChI=1S/C15H32N2O2S/c1-3-11-17(12-13-20(18,19)4-2)15(14-16)9-7-5-6-8-10-15/h3-14,16H2,1-2H3. The summed E-state index contributed by atoms with van der Waals surface area (Å²) in [5, 5.41) is 0. The van der Waals surface area contributed by atoms with Gasteiger partial charge in [0.2, 0.25) is 0 Å². The van der Waals surface area contributed by atoms with Crippen molar-refractivity contribution in [3.05, 3.63) is 0 Å². The van der Waals surface area contributed by atoms with Crippen LogP contribution < -0.4 is 5.73 Å². The van der Waals surface area contributed by atoms with Gasteiger partial charge in [0.15, 0.2) is 9.84 Å². The molecule has 0 saturated heterocycles. The summed E-state index contributed by atoms with van der Waals surface area (Å²) in [6.45, 7) is 6.13. The topological polar surface area (TPSA) is 63.4 Å². The number of hydrogen-bond donors (Lipinski definition) is 1. The molecular weight excluding hydrogens is 272 g/mol. The lowest BCUT2D eigenvalue weighted by atomic mass is 9.88. The van der Waals surface area contributed by atoms with Crippen molar-refractivity contribution in [1.82, 2.24) is 4.90 Å². The van der Waals surface area contributed by atoms with Gasteiger partial charge >= 0.3 is 0 Å². The first-order valence-corrected chi connectivity index (χ1v) is 9.97. The summed E-state index contributed by atoms with van der Waals surface area (Å²) >= 11 is 0. The zero-order chi connectivity index (χ0) is 15.1. The van der Waals surface area contributed by atoms with E-state index in [1.807, 2.05) is 0 Å². The molecule has 0 radical (unpaired) electrons. The van der Waals surface area contributed by atoms with E-state index < -0.39 is 9.84 Å². The molecule has 0 spiro atoms. The molecule has 0 unspecified atom stereocenters. The second-order valence-electron chi connectivity index (χ2n) is 6.07. The Balaban J connectivity index is 2.79. The predicted molar refractivity (Wildman–Crippen MR) is 85.7 cm³/mol. The van der Waals surface area contributed by atoms with Crippen molar-refractivity contribution < 1.29 is 8.42 Å². The van der Waals surface area contributed by atoms with Crippen LogP contribution in [-0.4, -0.2) is 50.0 Å². The summed E-state index contributed by atoms with van der Waals surface area (Å²) in [7, 11) is -2.90. The van der Waals surface area contributed by atoms with Crippen molar-refractivity contribution in [2.75, 3.05) is 31.1 Å².